The van der Waals surface area contributed by atoms with Crippen LogP contribution in [0.2, 0.25) is 5.02 Å². The molecule has 3 aliphatic rings. The summed E-state index contributed by atoms with van der Waals surface area (Å²) in [7, 11) is 2.59. The molecule has 1 fully saturated rings. The highest BCUT2D eigenvalue weighted by Gasteiger charge is 2.38. The first-order valence-electron chi connectivity index (χ1n) is 9.58. The second kappa shape index (κ2) is 8.57. The minimum absolute atomic E-state index is 0.0148. The highest BCUT2D eigenvalue weighted by atomic mass is 35.5. The monoisotopic (exact) mass is 435 g/mol. The van der Waals surface area contributed by atoms with Crippen molar-refractivity contribution in [3.63, 3.8) is 0 Å². The molecule has 160 valence electrons. The summed E-state index contributed by atoms with van der Waals surface area (Å²) in [5.41, 5.74) is 1.05. The third-order valence-corrected chi connectivity index (χ3v) is 5.64. The lowest BCUT2D eigenvalue weighted by Gasteiger charge is -2.31. The molecule has 1 saturated heterocycles. The Kier molecular flexibility index (Phi) is 5.87. The second-order valence-electron chi connectivity index (χ2n) is 7.14. The zero-order valence-corrected chi connectivity index (χ0v) is 17.4. The van der Waals surface area contributed by atoms with Crippen molar-refractivity contribution in [2.75, 3.05) is 34.2 Å². The molecule has 0 N–H and O–H groups in total. The Balaban J connectivity index is 1.78. The van der Waals surface area contributed by atoms with Gasteiger partial charge in [-0.15, -0.1) is 0 Å². The molecule has 1 aromatic rings. The molecule has 0 amide bonds. The number of benzene rings is 1. The first-order valence-corrected chi connectivity index (χ1v) is 9.96. The Hall–Kier alpha value is -2.71. The van der Waals surface area contributed by atoms with Gasteiger partial charge in [0.15, 0.2) is 11.5 Å². The minimum Gasteiger partial charge on any atom is -0.466 e. The normalized spacial score (nSPS) is 20.6. The molecule has 0 aromatic heterocycles. The number of carbonyl (C=O) groups excluding carboxylic acids is 2. The lowest BCUT2D eigenvalue weighted by molar-refractivity contribution is -0.137. The largest absolute Gasteiger partial charge is 0.466 e. The molecule has 1 aromatic carbocycles. The quantitative estimate of drug-likeness (QED) is 0.653. The van der Waals surface area contributed by atoms with Crippen molar-refractivity contribution >= 4 is 23.5 Å². The van der Waals surface area contributed by atoms with Crippen LogP contribution in [0.15, 0.2) is 35.7 Å². The van der Waals surface area contributed by atoms with E-state index in [0.29, 0.717) is 35.2 Å². The van der Waals surface area contributed by atoms with Gasteiger partial charge in [-0.2, -0.15) is 0 Å². The van der Waals surface area contributed by atoms with Crippen LogP contribution in [0, 0.1) is 0 Å². The van der Waals surface area contributed by atoms with E-state index in [1.807, 2.05) is 0 Å². The predicted molar refractivity (Wildman–Crippen MR) is 106 cm³/mol. The molecule has 0 aliphatic carbocycles. The molecular weight excluding hydrogens is 414 g/mol. The Morgan fingerprint density at radius 1 is 1.10 bits per heavy atom. The first kappa shape index (κ1) is 20.6. The van der Waals surface area contributed by atoms with Gasteiger partial charge in [0.1, 0.15) is 0 Å². The van der Waals surface area contributed by atoms with E-state index >= 15 is 0 Å². The van der Waals surface area contributed by atoms with E-state index in [1.54, 1.807) is 29.4 Å². The van der Waals surface area contributed by atoms with Crippen LogP contribution in [-0.4, -0.2) is 57.1 Å². The van der Waals surface area contributed by atoms with Gasteiger partial charge >= 0.3 is 11.9 Å². The maximum absolute atomic E-state index is 12.7. The maximum Gasteiger partial charge on any atom is 0.336 e. The lowest BCUT2D eigenvalue weighted by Crippen LogP contribution is -2.32. The van der Waals surface area contributed by atoms with Crippen LogP contribution in [0.4, 0.5) is 0 Å². The molecule has 0 spiro atoms. The highest BCUT2D eigenvalue weighted by molar-refractivity contribution is 6.32. The van der Waals surface area contributed by atoms with E-state index in [9.17, 15) is 9.59 Å². The van der Waals surface area contributed by atoms with Crippen LogP contribution in [-0.2, 0) is 23.8 Å². The molecule has 9 heteroatoms. The van der Waals surface area contributed by atoms with Crippen LogP contribution >= 0.6 is 11.6 Å². The standard InChI is InChI=1S/C21H22ClNO7/c1-26-20(24)14-9-23(8-12-4-3-5-28-12)10-15(21(25)27-2)19(14)13-6-17-18(7-16(13)22)30-11-29-17/h6-7,9-10,12,19H,3-5,8,11H2,1-2H3/t12-/m1/s1. The molecule has 8 nitrogen and oxygen atoms in total. The number of hydrogen-bond donors (Lipinski definition) is 0. The van der Waals surface area contributed by atoms with Crippen molar-refractivity contribution in [3.05, 3.63) is 46.3 Å². The van der Waals surface area contributed by atoms with Gasteiger partial charge in [0.25, 0.3) is 0 Å². The van der Waals surface area contributed by atoms with Crippen LogP contribution in [0.3, 0.4) is 0 Å². The summed E-state index contributed by atoms with van der Waals surface area (Å²) in [6, 6.07) is 3.29. The molecule has 0 radical (unpaired) electrons. The molecule has 4 rings (SSSR count). The number of hydrogen-bond acceptors (Lipinski definition) is 8. The number of methoxy groups -OCH3 is 2. The van der Waals surface area contributed by atoms with E-state index in [4.69, 9.17) is 35.3 Å². The number of carbonyl (C=O) groups is 2. The fourth-order valence-corrected chi connectivity index (χ4v) is 4.17. The number of halogens is 1. The SMILES string of the molecule is COC(=O)C1=CN(C[C@H]2CCCO2)C=C(C(=O)OC)C1c1cc2c(cc1Cl)OCO2. The molecule has 30 heavy (non-hydrogen) atoms. The molecule has 1 atom stereocenters. The number of rotatable bonds is 5. The van der Waals surface area contributed by atoms with Gasteiger partial charge in [-0.3, -0.25) is 0 Å². The van der Waals surface area contributed by atoms with Crippen molar-refractivity contribution in [3.8, 4) is 11.5 Å². The van der Waals surface area contributed by atoms with E-state index < -0.39 is 17.9 Å². The lowest BCUT2D eigenvalue weighted by atomic mass is 9.83. The Labute approximate surface area is 178 Å². The Morgan fingerprint density at radius 3 is 2.30 bits per heavy atom. The van der Waals surface area contributed by atoms with Crippen molar-refractivity contribution < 1.29 is 33.3 Å². The molecular formula is C21H22ClNO7. The van der Waals surface area contributed by atoms with Crippen molar-refractivity contribution in [1.29, 1.82) is 0 Å². The van der Waals surface area contributed by atoms with Crippen LogP contribution in [0.25, 0.3) is 0 Å². The zero-order valence-electron chi connectivity index (χ0n) is 16.7. The summed E-state index contributed by atoms with van der Waals surface area (Å²) in [5, 5.41) is 0.335. The molecule has 3 aliphatic heterocycles. The number of esters is 2. The van der Waals surface area contributed by atoms with Crippen LogP contribution < -0.4 is 9.47 Å². The van der Waals surface area contributed by atoms with Gasteiger partial charge < -0.3 is 28.6 Å². The van der Waals surface area contributed by atoms with Crippen molar-refractivity contribution in [2.45, 2.75) is 24.9 Å². The number of fused-ring (bicyclic) bond motifs is 1. The first-order chi connectivity index (χ1) is 14.5. The fraction of sp³-hybridized carbons (Fsp3) is 0.429. The average Bonchev–Trinajstić information content (AvgIpc) is 3.43. The average molecular weight is 436 g/mol. The predicted octanol–water partition coefficient (Wildman–Crippen LogP) is 2.76. The second-order valence-corrected chi connectivity index (χ2v) is 7.55. The smallest absolute Gasteiger partial charge is 0.336 e. The maximum atomic E-state index is 12.7. The highest BCUT2D eigenvalue weighted by Crippen LogP contribution is 2.45. The third-order valence-electron chi connectivity index (χ3n) is 5.32. The zero-order chi connectivity index (χ0) is 21.3. The van der Waals surface area contributed by atoms with E-state index in [-0.39, 0.29) is 24.0 Å². The van der Waals surface area contributed by atoms with Gasteiger partial charge in [-0.25, -0.2) is 9.59 Å². The van der Waals surface area contributed by atoms with Gasteiger partial charge in [0.05, 0.1) is 37.4 Å². The van der Waals surface area contributed by atoms with Crippen LogP contribution in [0.5, 0.6) is 11.5 Å². The van der Waals surface area contributed by atoms with E-state index in [2.05, 4.69) is 0 Å². The molecule has 3 heterocycles. The Bertz CT molecular complexity index is 886. The molecule has 0 unspecified atom stereocenters. The molecule has 0 bridgehead atoms. The van der Waals surface area contributed by atoms with E-state index in [0.717, 1.165) is 12.8 Å². The van der Waals surface area contributed by atoms with Gasteiger partial charge in [-0.1, -0.05) is 11.6 Å². The topological polar surface area (TPSA) is 83.5 Å². The van der Waals surface area contributed by atoms with Crippen LogP contribution in [0.1, 0.15) is 24.3 Å². The van der Waals surface area contributed by atoms with Crippen molar-refractivity contribution in [1.82, 2.24) is 4.90 Å². The number of ether oxygens (including phenoxy) is 5. The fourth-order valence-electron chi connectivity index (χ4n) is 3.91. The minimum atomic E-state index is -0.785. The summed E-state index contributed by atoms with van der Waals surface area (Å²) in [6.07, 6.45) is 5.25. The van der Waals surface area contributed by atoms with E-state index in [1.165, 1.54) is 14.2 Å². The summed E-state index contributed by atoms with van der Waals surface area (Å²) in [5.74, 6) is -0.926. The van der Waals surface area contributed by atoms with Gasteiger partial charge in [0, 0.05) is 36.6 Å². The summed E-state index contributed by atoms with van der Waals surface area (Å²) < 4.78 is 26.5. The Morgan fingerprint density at radius 2 is 1.73 bits per heavy atom. The third kappa shape index (κ3) is 3.85. The molecule has 0 saturated carbocycles. The summed E-state index contributed by atoms with van der Waals surface area (Å²) >= 11 is 6.51. The summed E-state index contributed by atoms with van der Waals surface area (Å²) in [6.45, 7) is 1.28. The summed E-state index contributed by atoms with van der Waals surface area (Å²) in [4.78, 5) is 27.2. The van der Waals surface area contributed by atoms with Crippen molar-refractivity contribution in [2.24, 2.45) is 0 Å². The van der Waals surface area contributed by atoms with Gasteiger partial charge in [-0.05, 0) is 24.5 Å². The van der Waals surface area contributed by atoms with Gasteiger partial charge in [0.2, 0.25) is 6.79 Å². The number of nitrogens with zero attached hydrogens (tertiary/aromatic N) is 1.